The number of benzene rings is 1. The van der Waals surface area contributed by atoms with Crippen molar-refractivity contribution in [1.29, 1.82) is 0 Å². The summed E-state index contributed by atoms with van der Waals surface area (Å²) in [5, 5.41) is 7.40. The van der Waals surface area contributed by atoms with Crippen LogP contribution in [0.3, 0.4) is 0 Å². The van der Waals surface area contributed by atoms with Crippen molar-refractivity contribution in [3.05, 3.63) is 40.5 Å². The zero-order valence-electron chi connectivity index (χ0n) is 10.3. The minimum Gasteiger partial charge on any atom is -0.338 e. The molecule has 19 heavy (non-hydrogen) atoms. The van der Waals surface area contributed by atoms with Gasteiger partial charge in [0.2, 0.25) is 5.89 Å². The molecule has 0 spiro atoms. The van der Waals surface area contributed by atoms with Gasteiger partial charge < -0.3 is 9.84 Å². The Morgan fingerprint density at radius 3 is 3.11 bits per heavy atom. The van der Waals surface area contributed by atoms with Gasteiger partial charge in [0, 0.05) is 9.37 Å². The van der Waals surface area contributed by atoms with Crippen LogP contribution in [0.5, 0.6) is 0 Å². The highest BCUT2D eigenvalue weighted by molar-refractivity contribution is 9.10. The Morgan fingerprint density at radius 2 is 2.32 bits per heavy atom. The lowest BCUT2D eigenvalue weighted by molar-refractivity contribution is 0.342. The van der Waals surface area contributed by atoms with E-state index in [0.29, 0.717) is 0 Å². The van der Waals surface area contributed by atoms with E-state index >= 15 is 0 Å². The molecule has 1 aromatic carbocycles. The molecule has 0 amide bonds. The molecule has 4 nitrogen and oxygen atoms in total. The van der Waals surface area contributed by atoms with Crippen molar-refractivity contribution in [2.75, 3.05) is 6.54 Å². The molecule has 0 bridgehead atoms. The van der Waals surface area contributed by atoms with Gasteiger partial charge in [0.05, 0.1) is 11.8 Å². The van der Waals surface area contributed by atoms with Crippen LogP contribution >= 0.6 is 27.7 Å². The minimum atomic E-state index is 0.245. The average Bonchev–Trinajstić information content (AvgIpc) is 3.09. The maximum absolute atomic E-state index is 5.32. The molecule has 3 rings (SSSR count). The molecule has 100 valence electrons. The number of aromatic nitrogens is 2. The summed E-state index contributed by atoms with van der Waals surface area (Å²) in [7, 11) is 0. The molecule has 1 aliphatic heterocycles. The standard InChI is InChI=1S/C13H14BrN3OS/c14-9-4-1-2-6-11(9)19-8-12-16-13(18-17-12)10-5-3-7-15-10/h1-2,4,6,10,15H,3,5,7-8H2. The summed E-state index contributed by atoms with van der Waals surface area (Å²) in [6.07, 6.45) is 2.26. The van der Waals surface area contributed by atoms with Crippen molar-refractivity contribution < 1.29 is 4.52 Å². The Balaban J connectivity index is 1.63. The van der Waals surface area contributed by atoms with Crippen LogP contribution in [0.1, 0.15) is 30.6 Å². The van der Waals surface area contributed by atoms with Crippen LogP contribution in [0.2, 0.25) is 0 Å². The first-order chi connectivity index (χ1) is 9.33. The highest BCUT2D eigenvalue weighted by Crippen LogP contribution is 2.29. The van der Waals surface area contributed by atoms with Crippen LogP contribution < -0.4 is 5.32 Å². The average molecular weight is 340 g/mol. The fourth-order valence-electron chi connectivity index (χ4n) is 2.07. The van der Waals surface area contributed by atoms with Gasteiger partial charge >= 0.3 is 0 Å². The highest BCUT2D eigenvalue weighted by Gasteiger charge is 2.22. The van der Waals surface area contributed by atoms with Crippen molar-refractivity contribution >= 4 is 27.7 Å². The van der Waals surface area contributed by atoms with Crippen LogP contribution in [0.4, 0.5) is 0 Å². The summed E-state index contributed by atoms with van der Waals surface area (Å²) in [5.74, 6) is 2.20. The van der Waals surface area contributed by atoms with E-state index in [2.05, 4.69) is 37.5 Å². The van der Waals surface area contributed by atoms with Gasteiger partial charge in [0.15, 0.2) is 5.82 Å². The van der Waals surface area contributed by atoms with Gasteiger partial charge in [-0.3, -0.25) is 0 Å². The maximum atomic E-state index is 5.32. The second-order valence-electron chi connectivity index (χ2n) is 4.42. The summed E-state index contributed by atoms with van der Waals surface area (Å²) < 4.78 is 6.42. The van der Waals surface area contributed by atoms with Crippen LogP contribution in [-0.2, 0) is 5.75 Å². The zero-order valence-corrected chi connectivity index (χ0v) is 12.7. The fourth-order valence-corrected chi connectivity index (χ4v) is 3.48. The molecule has 0 radical (unpaired) electrons. The van der Waals surface area contributed by atoms with Crippen LogP contribution in [-0.4, -0.2) is 16.7 Å². The molecule has 1 fully saturated rings. The van der Waals surface area contributed by atoms with E-state index < -0.39 is 0 Å². The normalized spacial score (nSPS) is 18.9. The van der Waals surface area contributed by atoms with E-state index in [1.54, 1.807) is 11.8 Å². The molecule has 2 heterocycles. The third-order valence-electron chi connectivity index (χ3n) is 3.04. The lowest BCUT2D eigenvalue weighted by Gasteiger charge is -2.02. The number of hydrogen-bond donors (Lipinski definition) is 1. The quantitative estimate of drug-likeness (QED) is 0.863. The Kier molecular flexibility index (Phi) is 4.20. The summed E-state index contributed by atoms with van der Waals surface area (Å²) in [4.78, 5) is 5.65. The molecule has 1 aliphatic rings. The molecule has 0 saturated carbocycles. The predicted molar refractivity (Wildman–Crippen MR) is 78.0 cm³/mol. The van der Waals surface area contributed by atoms with Gasteiger partial charge in [0.25, 0.3) is 0 Å². The third kappa shape index (κ3) is 3.19. The van der Waals surface area contributed by atoms with E-state index in [1.807, 2.05) is 18.2 Å². The molecule has 1 aromatic heterocycles. The summed E-state index contributed by atoms with van der Waals surface area (Å²) >= 11 is 5.24. The van der Waals surface area contributed by atoms with Crippen LogP contribution in [0.15, 0.2) is 38.2 Å². The second-order valence-corrected chi connectivity index (χ2v) is 6.29. The molecule has 0 aliphatic carbocycles. The number of hydrogen-bond acceptors (Lipinski definition) is 5. The number of thioether (sulfide) groups is 1. The van der Waals surface area contributed by atoms with E-state index in [0.717, 1.165) is 34.9 Å². The number of rotatable bonds is 4. The Bertz CT molecular complexity index is 554. The molecule has 1 atom stereocenters. The van der Waals surface area contributed by atoms with E-state index in [9.17, 15) is 0 Å². The molecular formula is C13H14BrN3OS. The first-order valence-electron chi connectivity index (χ1n) is 6.26. The monoisotopic (exact) mass is 339 g/mol. The first-order valence-corrected chi connectivity index (χ1v) is 8.04. The van der Waals surface area contributed by atoms with Crippen molar-refractivity contribution in [3.63, 3.8) is 0 Å². The number of halogens is 1. The molecule has 1 unspecified atom stereocenters. The van der Waals surface area contributed by atoms with E-state index in [-0.39, 0.29) is 6.04 Å². The fraction of sp³-hybridized carbons (Fsp3) is 0.385. The molecule has 1 N–H and O–H groups in total. The Hall–Kier alpha value is -0.850. The van der Waals surface area contributed by atoms with E-state index in [4.69, 9.17) is 4.52 Å². The third-order valence-corrected chi connectivity index (χ3v) is 5.06. The topological polar surface area (TPSA) is 51.0 Å². The smallest absolute Gasteiger partial charge is 0.243 e. The van der Waals surface area contributed by atoms with Gasteiger partial charge in [-0.15, -0.1) is 11.8 Å². The molecular weight excluding hydrogens is 326 g/mol. The summed E-state index contributed by atoms with van der Waals surface area (Å²) in [6.45, 7) is 1.04. The molecule has 6 heteroatoms. The molecule has 2 aromatic rings. The zero-order chi connectivity index (χ0) is 13.1. The van der Waals surface area contributed by atoms with Crippen molar-refractivity contribution in [2.45, 2.75) is 29.5 Å². The second kappa shape index (κ2) is 6.07. The van der Waals surface area contributed by atoms with Gasteiger partial charge in [-0.05, 0) is 47.4 Å². The van der Waals surface area contributed by atoms with Gasteiger partial charge in [-0.1, -0.05) is 17.3 Å². The number of nitrogens with one attached hydrogen (secondary N) is 1. The Labute approximate surface area is 124 Å². The van der Waals surface area contributed by atoms with Crippen LogP contribution in [0.25, 0.3) is 0 Å². The minimum absolute atomic E-state index is 0.245. The molecule has 1 saturated heterocycles. The predicted octanol–water partition coefficient (Wildman–Crippen LogP) is 3.55. The lowest BCUT2D eigenvalue weighted by atomic mass is 10.2. The van der Waals surface area contributed by atoms with Crippen LogP contribution in [0, 0.1) is 0 Å². The number of nitrogens with zero attached hydrogens (tertiary/aromatic N) is 2. The largest absolute Gasteiger partial charge is 0.338 e. The van der Waals surface area contributed by atoms with Gasteiger partial charge in [-0.25, -0.2) is 0 Å². The highest BCUT2D eigenvalue weighted by atomic mass is 79.9. The van der Waals surface area contributed by atoms with Crippen molar-refractivity contribution in [1.82, 2.24) is 15.5 Å². The van der Waals surface area contributed by atoms with E-state index in [1.165, 1.54) is 11.3 Å². The van der Waals surface area contributed by atoms with Gasteiger partial charge in [-0.2, -0.15) is 4.98 Å². The maximum Gasteiger partial charge on any atom is 0.243 e. The van der Waals surface area contributed by atoms with Crippen molar-refractivity contribution in [3.8, 4) is 0 Å². The summed E-state index contributed by atoms with van der Waals surface area (Å²) in [6, 6.07) is 8.39. The Morgan fingerprint density at radius 1 is 1.42 bits per heavy atom. The van der Waals surface area contributed by atoms with Gasteiger partial charge in [0.1, 0.15) is 0 Å². The lowest BCUT2D eigenvalue weighted by Crippen LogP contribution is -2.13. The SMILES string of the molecule is Brc1ccccc1SCc1noc(C2CCCN2)n1. The van der Waals surface area contributed by atoms with Crippen molar-refractivity contribution in [2.24, 2.45) is 0 Å². The summed E-state index contributed by atoms with van der Waals surface area (Å²) in [5.41, 5.74) is 0. The first kappa shape index (κ1) is 13.1.